The van der Waals surface area contributed by atoms with Gasteiger partial charge >= 0.3 is 12.2 Å². The molecule has 2 aromatic carbocycles. The summed E-state index contributed by atoms with van der Waals surface area (Å²) < 4.78 is 9.89. The van der Waals surface area contributed by atoms with Crippen LogP contribution in [-0.2, 0) is 14.3 Å². The molecule has 1 fully saturated rings. The van der Waals surface area contributed by atoms with Crippen molar-refractivity contribution in [2.45, 2.75) is 65.1 Å². The third kappa shape index (κ3) is 8.03. The number of nitrogens with zero attached hydrogens (tertiary/aromatic N) is 2. The van der Waals surface area contributed by atoms with E-state index in [1.165, 1.54) is 7.11 Å². The molecule has 3 N–H and O–H groups in total. The molecule has 11 nitrogen and oxygen atoms in total. The van der Waals surface area contributed by atoms with E-state index in [0.29, 0.717) is 17.9 Å². The molecule has 0 spiro atoms. The van der Waals surface area contributed by atoms with Crippen molar-refractivity contribution in [3.05, 3.63) is 66.1 Å². The number of nitrogens with one attached hydrogen (secondary N) is 3. The molecule has 44 heavy (non-hydrogen) atoms. The summed E-state index contributed by atoms with van der Waals surface area (Å²) in [6.07, 6.45) is 2.12. The van der Waals surface area contributed by atoms with Gasteiger partial charge in [-0.05, 0) is 56.2 Å². The lowest BCUT2D eigenvalue weighted by Crippen LogP contribution is -2.51. The number of benzene rings is 2. The Morgan fingerprint density at radius 2 is 1.59 bits per heavy atom. The van der Waals surface area contributed by atoms with Gasteiger partial charge in [0.15, 0.2) is 5.78 Å². The van der Waals surface area contributed by atoms with Crippen LogP contribution < -0.4 is 10.6 Å². The standard InChI is InChI=1S/C33H41N5O6/c1-20(2)28(37-32(42)43-6)30(40)38-17-7-8-26(38)29-34-18-25(36-29)23-13-9-21(10-14-23)22-11-15-24(16-12-22)27(39)19-35-31(41)44-33(3,4)5/h9-16,18,20,26,28H,7-8,17,19H2,1-6H3,(H,34,36)(H,35,41)(H,37,42). The van der Waals surface area contributed by atoms with E-state index in [4.69, 9.17) is 9.47 Å². The minimum absolute atomic E-state index is 0.105. The molecule has 11 heteroatoms. The topological polar surface area (TPSA) is 143 Å². The second-order valence-corrected chi connectivity index (χ2v) is 12.2. The second-order valence-electron chi connectivity index (χ2n) is 12.2. The Hall–Kier alpha value is -4.67. The van der Waals surface area contributed by atoms with E-state index in [1.54, 1.807) is 44.0 Å². The molecule has 1 saturated heterocycles. The van der Waals surface area contributed by atoms with E-state index in [1.807, 2.05) is 50.2 Å². The number of aromatic amines is 1. The summed E-state index contributed by atoms with van der Waals surface area (Å²) in [6, 6.07) is 14.3. The number of H-pyrrole nitrogens is 1. The second kappa shape index (κ2) is 13.7. The minimum Gasteiger partial charge on any atom is -0.453 e. The fourth-order valence-corrected chi connectivity index (χ4v) is 5.11. The van der Waals surface area contributed by atoms with Crippen molar-refractivity contribution >= 4 is 23.9 Å². The predicted molar refractivity (Wildman–Crippen MR) is 166 cm³/mol. The number of ether oxygens (including phenoxy) is 2. The van der Waals surface area contributed by atoms with Gasteiger partial charge in [-0.2, -0.15) is 0 Å². The SMILES string of the molecule is COC(=O)NC(C(=O)N1CCCC1c1ncc(-c2ccc(-c3ccc(C(=O)CNC(=O)OC(C)(C)C)cc3)cc2)[nH]1)C(C)C. The molecule has 1 aromatic heterocycles. The number of amides is 3. The molecule has 1 aliphatic rings. The van der Waals surface area contributed by atoms with Crippen LogP contribution >= 0.6 is 0 Å². The third-order valence-electron chi connectivity index (χ3n) is 7.37. The molecule has 0 aliphatic carbocycles. The summed E-state index contributed by atoms with van der Waals surface area (Å²) in [5.41, 5.74) is 3.55. The molecular weight excluding hydrogens is 562 g/mol. The number of ketones is 1. The number of hydrogen-bond donors (Lipinski definition) is 3. The minimum atomic E-state index is -0.689. The Balaban J connectivity index is 1.40. The molecule has 2 heterocycles. The van der Waals surface area contributed by atoms with E-state index in [0.717, 1.165) is 35.2 Å². The zero-order chi connectivity index (χ0) is 32.0. The van der Waals surface area contributed by atoms with Gasteiger partial charge in [-0.3, -0.25) is 9.59 Å². The maximum Gasteiger partial charge on any atom is 0.408 e. The Morgan fingerprint density at radius 3 is 2.18 bits per heavy atom. The van der Waals surface area contributed by atoms with E-state index in [-0.39, 0.29) is 30.2 Å². The zero-order valence-corrected chi connectivity index (χ0v) is 26.1. The largest absolute Gasteiger partial charge is 0.453 e. The highest BCUT2D eigenvalue weighted by molar-refractivity contribution is 5.99. The molecule has 1 aliphatic heterocycles. The predicted octanol–water partition coefficient (Wildman–Crippen LogP) is 5.50. The first kappa shape index (κ1) is 32.2. The molecule has 4 rings (SSSR count). The first-order valence-electron chi connectivity index (χ1n) is 14.8. The normalized spacial score (nSPS) is 15.5. The lowest BCUT2D eigenvalue weighted by Gasteiger charge is -2.30. The average Bonchev–Trinajstić information content (AvgIpc) is 3.68. The molecule has 2 atom stereocenters. The van der Waals surface area contributed by atoms with Crippen molar-refractivity contribution in [1.82, 2.24) is 25.5 Å². The summed E-state index contributed by atoms with van der Waals surface area (Å²) >= 11 is 0. The van der Waals surface area contributed by atoms with Crippen molar-refractivity contribution in [2.24, 2.45) is 5.92 Å². The number of carbonyl (C=O) groups excluding carboxylic acids is 4. The summed E-state index contributed by atoms with van der Waals surface area (Å²) in [4.78, 5) is 59.4. The van der Waals surface area contributed by atoms with Crippen molar-refractivity contribution in [3.8, 4) is 22.4 Å². The number of alkyl carbamates (subject to hydrolysis) is 2. The van der Waals surface area contributed by atoms with Crippen LogP contribution in [0.2, 0.25) is 0 Å². The number of likely N-dealkylation sites (tertiary alicyclic amines) is 1. The Labute approximate surface area is 257 Å². The Morgan fingerprint density at radius 1 is 0.977 bits per heavy atom. The van der Waals surface area contributed by atoms with Crippen LogP contribution in [0, 0.1) is 5.92 Å². The Bertz CT molecular complexity index is 1470. The first-order chi connectivity index (χ1) is 20.9. The molecular formula is C33H41N5O6. The number of carbonyl (C=O) groups is 4. The van der Waals surface area contributed by atoms with Crippen molar-refractivity contribution in [1.29, 1.82) is 0 Å². The van der Waals surface area contributed by atoms with Gasteiger partial charge in [0.2, 0.25) is 5.91 Å². The van der Waals surface area contributed by atoms with E-state index < -0.39 is 23.8 Å². The van der Waals surface area contributed by atoms with Crippen LogP contribution in [0.5, 0.6) is 0 Å². The van der Waals surface area contributed by atoms with Crippen molar-refractivity contribution < 1.29 is 28.7 Å². The lowest BCUT2D eigenvalue weighted by molar-refractivity contribution is -0.135. The quantitative estimate of drug-likeness (QED) is 0.274. The van der Waals surface area contributed by atoms with Gasteiger partial charge in [-0.25, -0.2) is 14.6 Å². The lowest BCUT2D eigenvalue weighted by atomic mass is 10.0. The Kier molecular flexibility index (Phi) is 10.1. The van der Waals surface area contributed by atoms with Gasteiger partial charge in [-0.1, -0.05) is 62.4 Å². The summed E-state index contributed by atoms with van der Waals surface area (Å²) in [6.45, 7) is 9.50. The van der Waals surface area contributed by atoms with Gasteiger partial charge in [0.25, 0.3) is 0 Å². The number of aromatic nitrogens is 2. The number of Topliss-reactive ketones (excluding diaryl/α,β-unsaturated/α-hetero) is 1. The van der Waals surface area contributed by atoms with Crippen LogP contribution in [0.1, 0.15) is 69.7 Å². The smallest absolute Gasteiger partial charge is 0.408 e. The molecule has 0 bridgehead atoms. The fraction of sp³-hybridized carbons (Fsp3) is 0.424. The number of rotatable bonds is 9. The van der Waals surface area contributed by atoms with E-state index in [9.17, 15) is 19.2 Å². The van der Waals surface area contributed by atoms with Crippen LogP contribution in [0.25, 0.3) is 22.4 Å². The molecule has 3 aromatic rings. The zero-order valence-electron chi connectivity index (χ0n) is 26.1. The number of imidazole rings is 1. The highest BCUT2D eigenvalue weighted by Gasteiger charge is 2.37. The summed E-state index contributed by atoms with van der Waals surface area (Å²) in [7, 11) is 1.28. The molecule has 0 radical (unpaired) electrons. The molecule has 0 saturated carbocycles. The van der Waals surface area contributed by atoms with Crippen molar-refractivity contribution in [3.63, 3.8) is 0 Å². The maximum absolute atomic E-state index is 13.4. The van der Waals surface area contributed by atoms with Gasteiger partial charge in [0.1, 0.15) is 17.5 Å². The van der Waals surface area contributed by atoms with E-state index in [2.05, 4.69) is 20.6 Å². The van der Waals surface area contributed by atoms with Crippen molar-refractivity contribution in [2.75, 3.05) is 20.2 Å². The summed E-state index contributed by atoms with van der Waals surface area (Å²) in [5.74, 6) is 0.236. The van der Waals surface area contributed by atoms with Crippen LogP contribution in [-0.4, -0.2) is 70.6 Å². The van der Waals surface area contributed by atoms with Crippen LogP contribution in [0.4, 0.5) is 9.59 Å². The van der Waals surface area contributed by atoms with Crippen LogP contribution in [0.15, 0.2) is 54.7 Å². The van der Waals surface area contributed by atoms with Gasteiger partial charge in [0.05, 0.1) is 31.6 Å². The third-order valence-corrected chi connectivity index (χ3v) is 7.37. The highest BCUT2D eigenvalue weighted by Crippen LogP contribution is 2.33. The van der Waals surface area contributed by atoms with Gasteiger partial charge in [-0.15, -0.1) is 0 Å². The van der Waals surface area contributed by atoms with Gasteiger partial charge in [0, 0.05) is 12.1 Å². The van der Waals surface area contributed by atoms with Crippen LogP contribution in [0.3, 0.4) is 0 Å². The number of hydrogen-bond acceptors (Lipinski definition) is 7. The van der Waals surface area contributed by atoms with E-state index >= 15 is 0 Å². The number of methoxy groups -OCH3 is 1. The summed E-state index contributed by atoms with van der Waals surface area (Å²) in [5, 5.41) is 5.16. The molecule has 2 unspecified atom stereocenters. The fourth-order valence-electron chi connectivity index (χ4n) is 5.11. The maximum atomic E-state index is 13.4. The molecule has 3 amide bonds. The average molecular weight is 604 g/mol. The van der Waals surface area contributed by atoms with Gasteiger partial charge < -0.3 is 30.0 Å². The first-order valence-corrected chi connectivity index (χ1v) is 14.8. The monoisotopic (exact) mass is 603 g/mol. The highest BCUT2D eigenvalue weighted by atomic mass is 16.6. The molecule has 234 valence electrons.